The molecule has 6 nitrogen and oxygen atoms in total. The molecule has 0 aliphatic rings. The van der Waals surface area contributed by atoms with Crippen molar-refractivity contribution in [3.8, 4) is 5.75 Å². The molecule has 0 unspecified atom stereocenters. The highest BCUT2D eigenvalue weighted by atomic mass is 32.2. The Kier molecular flexibility index (Phi) is 5.92. The topological polar surface area (TPSA) is 83.9 Å². The minimum absolute atomic E-state index is 0.0191. The molecule has 116 valence electrons. The third-order valence-corrected chi connectivity index (χ3v) is 4.95. The second kappa shape index (κ2) is 7.24. The van der Waals surface area contributed by atoms with Crippen LogP contribution in [0.5, 0.6) is 5.75 Å². The maximum Gasteiger partial charge on any atom is 0.307 e. The quantitative estimate of drug-likeness (QED) is 0.736. The van der Waals surface area contributed by atoms with Gasteiger partial charge in [0.05, 0.1) is 18.4 Å². The van der Waals surface area contributed by atoms with E-state index in [4.69, 9.17) is 9.84 Å². The maximum absolute atomic E-state index is 12.6. The van der Waals surface area contributed by atoms with Crippen LogP contribution >= 0.6 is 0 Å². The number of carbonyl (C=O) groups is 1. The maximum atomic E-state index is 12.6. The first kappa shape index (κ1) is 17.2. The Balaban J connectivity index is 3.39. The normalized spacial score (nSPS) is 11.4. The number of carboxylic acid groups (broad SMARTS) is 1. The van der Waals surface area contributed by atoms with Crippen molar-refractivity contribution in [2.75, 3.05) is 20.2 Å². The van der Waals surface area contributed by atoms with Crippen LogP contribution in [-0.2, 0) is 21.2 Å². The van der Waals surface area contributed by atoms with Gasteiger partial charge in [-0.05, 0) is 23.8 Å². The molecule has 1 rings (SSSR count). The van der Waals surface area contributed by atoms with Gasteiger partial charge in [0.1, 0.15) is 5.75 Å². The molecule has 0 atom stereocenters. The second-order valence-corrected chi connectivity index (χ2v) is 6.19. The van der Waals surface area contributed by atoms with Gasteiger partial charge in [0, 0.05) is 13.1 Å². The minimum Gasteiger partial charge on any atom is -0.497 e. The summed E-state index contributed by atoms with van der Waals surface area (Å²) in [6, 6.07) is 4.31. The number of aliphatic carboxylic acids is 1. The molecule has 0 saturated carbocycles. The summed E-state index contributed by atoms with van der Waals surface area (Å²) >= 11 is 0. The molecule has 0 saturated heterocycles. The van der Waals surface area contributed by atoms with Crippen molar-refractivity contribution in [2.24, 2.45) is 0 Å². The molecule has 21 heavy (non-hydrogen) atoms. The number of hydrogen-bond donors (Lipinski definition) is 1. The average molecular weight is 313 g/mol. The molecular formula is C14H19NO5S. The summed E-state index contributed by atoms with van der Waals surface area (Å²) in [5.74, 6) is -0.691. The van der Waals surface area contributed by atoms with Crippen molar-refractivity contribution in [3.05, 3.63) is 36.4 Å². The first-order valence-electron chi connectivity index (χ1n) is 6.36. The van der Waals surface area contributed by atoms with Crippen molar-refractivity contribution < 1.29 is 23.1 Å². The molecule has 7 heteroatoms. The highest BCUT2D eigenvalue weighted by molar-refractivity contribution is 7.89. The Morgan fingerprint density at radius 3 is 2.62 bits per heavy atom. The molecule has 0 fully saturated rings. The zero-order valence-corrected chi connectivity index (χ0v) is 12.9. The summed E-state index contributed by atoms with van der Waals surface area (Å²) in [6.07, 6.45) is 1.10. The molecule has 0 aliphatic carbocycles. The van der Waals surface area contributed by atoms with Crippen LogP contribution in [0.1, 0.15) is 12.5 Å². The van der Waals surface area contributed by atoms with Crippen molar-refractivity contribution in [2.45, 2.75) is 18.2 Å². The Morgan fingerprint density at radius 1 is 1.48 bits per heavy atom. The van der Waals surface area contributed by atoms with Crippen LogP contribution in [0.15, 0.2) is 35.7 Å². The number of ether oxygens (including phenoxy) is 1. The lowest BCUT2D eigenvalue weighted by Crippen LogP contribution is -2.31. The van der Waals surface area contributed by atoms with Crippen molar-refractivity contribution in [3.63, 3.8) is 0 Å². The van der Waals surface area contributed by atoms with Gasteiger partial charge in [-0.25, -0.2) is 8.42 Å². The van der Waals surface area contributed by atoms with Gasteiger partial charge in [0.2, 0.25) is 10.0 Å². The Morgan fingerprint density at radius 2 is 2.14 bits per heavy atom. The van der Waals surface area contributed by atoms with Gasteiger partial charge in [-0.2, -0.15) is 4.31 Å². The molecule has 1 aromatic rings. The molecule has 0 aliphatic heterocycles. The predicted octanol–water partition coefficient (Wildman–Crippen LogP) is 1.52. The van der Waals surface area contributed by atoms with Gasteiger partial charge in [-0.15, -0.1) is 6.58 Å². The van der Waals surface area contributed by atoms with E-state index in [0.717, 1.165) is 0 Å². The number of hydrogen-bond acceptors (Lipinski definition) is 4. The summed E-state index contributed by atoms with van der Waals surface area (Å²) in [6.45, 7) is 5.68. The number of nitrogens with zero attached hydrogens (tertiary/aromatic N) is 1. The van der Waals surface area contributed by atoms with Gasteiger partial charge >= 0.3 is 5.97 Å². The largest absolute Gasteiger partial charge is 0.497 e. The smallest absolute Gasteiger partial charge is 0.307 e. The molecule has 0 bridgehead atoms. The highest BCUT2D eigenvalue weighted by Gasteiger charge is 2.26. The Labute approximate surface area is 124 Å². The van der Waals surface area contributed by atoms with E-state index < -0.39 is 22.4 Å². The van der Waals surface area contributed by atoms with E-state index in [-0.39, 0.29) is 23.5 Å². The fourth-order valence-electron chi connectivity index (χ4n) is 1.92. The van der Waals surface area contributed by atoms with Crippen LogP contribution in [0.2, 0.25) is 0 Å². The highest BCUT2D eigenvalue weighted by Crippen LogP contribution is 2.25. The monoisotopic (exact) mass is 313 g/mol. The number of rotatable bonds is 8. The van der Waals surface area contributed by atoms with Crippen molar-refractivity contribution in [1.82, 2.24) is 4.31 Å². The lowest BCUT2D eigenvalue weighted by molar-refractivity contribution is -0.136. The molecule has 0 spiro atoms. The molecule has 0 aromatic heterocycles. The lowest BCUT2D eigenvalue weighted by atomic mass is 10.1. The summed E-state index contributed by atoms with van der Waals surface area (Å²) in [5.41, 5.74) is 0.198. The van der Waals surface area contributed by atoms with Crippen LogP contribution < -0.4 is 4.74 Å². The van der Waals surface area contributed by atoms with Gasteiger partial charge in [-0.1, -0.05) is 13.0 Å². The first-order chi connectivity index (χ1) is 9.86. The van der Waals surface area contributed by atoms with E-state index in [9.17, 15) is 13.2 Å². The number of carboxylic acids is 1. The minimum atomic E-state index is -3.77. The summed E-state index contributed by atoms with van der Waals surface area (Å²) in [7, 11) is -2.34. The average Bonchev–Trinajstić information content (AvgIpc) is 2.43. The van der Waals surface area contributed by atoms with E-state index in [2.05, 4.69) is 6.58 Å². The van der Waals surface area contributed by atoms with E-state index in [0.29, 0.717) is 5.75 Å². The molecule has 0 radical (unpaired) electrons. The molecule has 1 aromatic carbocycles. The Hall–Kier alpha value is -1.86. The van der Waals surface area contributed by atoms with Crippen molar-refractivity contribution in [1.29, 1.82) is 0 Å². The first-order valence-corrected chi connectivity index (χ1v) is 7.80. The number of likely N-dealkylation sites (N-methyl/N-ethyl adjacent to an activating group) is 1. The van der Waals surface area contributed by atoms with E-state index in [1.54, 1.807) is 6.92 Å². The summed E-state index contributed by atoms with van der Waals surface area (Å²) < 4.78 is 31.4. The van der Waals surface area contributed by atoms with Crippen LogP contribution in [0.3, 0.4) is 0 Å². The van der Waals surface area contributed by atoms with Crippen molar-refractivity contribution >= 4 is 16.0 Å². The van der Waals surface area contributed by atoms with E-state index in [1.165, 1.54) is 35.7 Å². The summed E-state index contributed by atoms with van der Waals surface area (Å²) in [5, 5.41) is 8.95. The molecule has 0 amide bonds. The fourth-order valence-corrected chi connectivity index (χ4v) is 3.54. The SMILES string of the molecule is C=CCN(CC)S(=O)(=O)c1ccc(OC)cc1CC(=O)O. The van der Waals surface area contributed by atoms with E-state index in [1.807, 2.05) is 0 Å². The van der Waals surface area contributed by atoms with Gasteiger partial charge in [0.15, 0.2) is 0 Å². The lowest BCUT2D eigenvalue weighted by Gasteiger charge is -2.20. The number of sulfonamides is 1. The standard InChI is InChI=1S/C14H19NO5S/c1-4-8-15(5-2)21(18,19)13-7-6-12(20-3)9-11(13)10-14(16)17/h4,6-7,9H,1,5,8,10H2,2-3H3,(H,16,17). The summed E-state index contributed by atoms with van der Waals surface area (Å²) in [4.78, 5) is 10.9. The van der Waals surface area contributed by atoms with Crippen LogP contribution in [0.25, 0.3) is 0 Å². The van der Waals surface area contributed by atoms with Crippen LogP contribution in [0.4, 0.5) is 0 Å². The number of benzene rings is 1. The third kappa shape index (κ3) is 4.05. The van der Waals surface area contributed by atoms with Gasteiger partial charge in [-0.3, -0.25) is 4.79 Å². The van der Waals surface area contributed by atoms with E-state index >= 15 is 0 Å². The van der Waals surface area contributed by atoms with Gasteiger partial charge in [0.25, 0.3) is 0 Å². The Bertz CT molecular complexity index is 624. The zero-order chi connectivity index (χ0) is 16.0. The van der Waals surface area contributed by atoms with Crippen LogP contribution in [-0.4, -0.2) is 44.0 Å². The molecule has 1 N–H and O–H groups in total. The zero-order valence-electron chi connectivity index (χ0n) is 12.1. The number of methoxy groups -OCH3 is 1. The third-order valence-electron chi connectivity index (χ3n) is 2.91. The van der Waals surface area contributed by atoms with Crippen LogP contribution in [0, 0.1) is 0 Å². The molecular weight excluding hydrogens is 294 g/mol. The fraction of sp³-hybridized carbons (Fsp3) is 0.357. The second-order valence-electron chi connectivity index (χ2n) is 4.29. The molecule has 0 heterocycles. The van der Waals surface area contributed by atoms with Gasteiger partial charge < -0.3 is 9.84 Å². The predicted molar refractivity (Wildman–Crippen MR) is 79.0 cm³/mol.